The quantitative estimate of drug-likeness (QED) is 0.794. The number of carbonyl (C=O) groups is 2. The van der Waals surface area contributed by atoms with Gasteiger partial charge in [0.15, 0.2) is 0 Å². The molecule has 1 aliphatic carbocycles. The average Bonchev–Trinajstić information content (AvgIpc) is 2.43. The summed E-state index contributed by atoms with van der Waals surface area (Å²) in [6, 6.07) is -0.256. The van der Waals surface area contributed by atoms with Gasteiger partial charge in [0.05, 0.1) is 12.6 Å². The summed E-state index contributed by atoms with van der Waals surface area (Å²) >= 11 is 0. The summed E-state index contributed by atoms with van der Waals surface area (Å²) in [6.45, 7) is 6.02. The zero-order chi connectivity index (χ0) is 15.3. The number of rotatable bonds is 5. The van der Waals surface area contributed by atoms with Crippen LogP contribution in [0.3, 0.4) is 0 Å². The van der Waals surface area contributed by atoms with E-state index in [1.165, 1.54) is 19.3 Å². The van der Waals surface area contributed by atoms with Gasteiger partial charge < -0.3 is 16.0 Å². The van der Waals surface area contributed by atoms with Gasteiger partial charge in [-0.2, -0.15) is 0 Å². The van der Waals surface area contributed by atoms with Crippen LogP contribution in [0.5, 0.6) is 0 Å². The van der Waals surface area contributed by atoms with Crippen molar-refractivity contribution in [3.05, 3.63) is 0 Å². The fourth-order valence-corrected chi connectivity index (χ4v) is 2.77. The molecule has 2 unspecified atom stereocenters. The monoisotopic (exact) mass is 283 g/mol. The van der Waals surface area contributed by atoms with Gasteiger partial charge in [-0.25, -0.2) is 0 Å². The molecule has 1 saturated carbocycles. The van der Waals surface area contributed by atoms with Crippen LogP contribution >= 0.6 is 0 Å². The standard InChI is InChI=1S/C15H29N3O2/c1-10(2)14(16)15(20)17-9-13(19)18(4)12-8-6-5-7-11(12)3/h10-12,14H,5-9,16H2,1-4H3,(H,17,20)/t11?,12?,14-/m0/s1. The van der Waals surface area contributed by atoms with Crippen LogP contribution in [-0.2, 0) is 9.59 Å². The molecule has 3 N–H and O–H groups in total. The second kappa shape index (κ2) is 7.62. The Kier molecular flexibility index (Phi) is 6.46. The normalized spacial score (nSPS) is 24.3. The molecule has 116 valence electrons. The van der Waals surface area contributed by atoms with Gasteiger partial charge in [0.1, 0.15) is 0 Å². The Balaban J connectivity index is 2.44. The fraction of sp³-hybridized carbons (Fsp3) is 0.867. The molecule has 0 bridgehead atoms. The molecule has 1 aliphatic rings. The first-order chi connectivity index (χ1) is 9.34. The van der Waals surface area contributed by atoms with Crippen molar-refractivity contribution < 1.29 is 9.59 Å². The summed E-state index contributed by atoms with van der Waals surface area (Å²) in [4.78, 5) is 25.7. The second-order valence-corrected chi connectivity index (χ2v) is 6.32. The lowest BCUT2D eigenvalue weighted by Gasteiger charge is -2.36. The van der Waals surface area contributed by atoms with Gasteiger partial charge in [0.25, 0.3) is 0 Å². The maximum atomic E-state index is 12.2. The molecule has 0 aromatic rings. The van der Waals surface area contributed by atoms with Crippen molar-refractivity contribution in [3.8, 4) is 0 Å². The topological polar surface area (TPSA) is 75.4 Å². The van der Waals surface area contributed by atoms with Crippen LogP contribution in [0.15, 0.2) is 0 Å². The molecule has 5 heteroatoms. The SMILES string of the molecule is CC1CCCCC1N(C)C(=O)CNC(=O)[C@@H](N)C(C)C. The molecule has 2 amide bonds. The maximum absolute atomic E-state index is 12.2. The zero-order valence-electron chi connectivity index (χ0n) is 13.2. The minimum Gasteiger partial charge on any atom is -0.346 e. The van der Waals surface area contributed by atoms with E-state index in [1.807, 2.05) is 20.9 Å². The third-order valence-corrected chi connectivity index (χ3v) is 4.39. The van der Waals surface area contributed by atoms with Crippen molar-refractivity contribution in [2.45, 2.75) is 58.5 Å². The Labute approximate surface area is 122 Å². The molecule has 0 aliphatic heterocycles. The Morgan fingerprint density at radius 2 is 1.90 bits per heavy atom. The number of nitrogens with two attached hydrogens (primary N) is 1. The third-order valence-electron chi connectivity index (χ3n) is 4.39. The summed E-state index contributed by atoms with van der Waals surface area (Å²) < 4.78 is 0. The molecule has 1 fully saturated rings. The van der Waals surface area contributed by atoms with E-state index < -0.39 is 6.04 Å². The highest BCUT2D eigenvalue weighted by Gasteiger charge is 2.28. The number of nitrogens with zero attached hydrogens (tertiary/aromatic N) is 1. The van der Waals surface area contributed by atoms with Gasteiger partial charge in [0.2, 0.25) is 11.8 Å². The molecule has 1 rings (SSSR count). The van der Waals surface area contributed by atoms with E-state index in [1.54, 1.807) is 4.90 Å². The van der Waals surface area contributed by atoms with E-state index in [0.717, 1.165) is 6.42 Å². The van der Waals surface area contributed by atoms with Crippen molar-refractivity contribution in [1.29, 1.82) is 0 Å². The minimum atomic E-state index is -0.554. The lowest BCUT2D eigenvalue weighted by molar-refractivity contribution is -0.135. The van der Waals surface area contributed by atoms with Gasteiger partial charge in [0, 0.05) is 13.1 Å². The molecule has 0 heterocycles. The van der Waals surface area contributed by atoms with Crippen LogP contribution < -0.4 is 11.1 Å². The largest absolute Gasteiger partial charge is 0.346 e. The Morgan fingerprint density at radius 3 is 2.45 bits per heavy atom. The summed E-state index contributed by atoms with van der Waals surface area (Å²) in [5, 5.41) is 2.64. The highest BCUT2D eigenvalue weighted by atomic mass is 16.2. The Bertz CT molecular complexity index is 344. The van der Waals surface area contributed by atoms with Gasteiger partial charge in [-0.1, -0.05) is 33.6 Å². The summed E-state index contributed by atoms with van der Waals surface area (Å²) in [5.41, 5.74) is 5.75. The first kappa shape index (κ1) is 17.0. The maximum Gasteiger partial charge on any atom is 0.241 e. The van der Waals surface area contributed by atoms with Crippen molar-refractivity contribution >= 4 is 11.8 Å². The Hall–Kier alpha value is -1.10. The number of amides is 2. The van der Waals surface area contributed by atoms with Gasteiger partial charge in [-0.05, 0) is 24.7 Å². The molecular formula is C15H29N3O2. The number of carbonyl (C=O) groups excluding carboxylic acids is 2. The molecule has 20 heavy (non-hydrogen) atoms. The van der Waals surface area contributed by atoms with Crippen LogP contribution in [0, 0.1) is 11.8 Å². The van der Waals surface area contributed by atoms with E-state index >= 15 is 0 Å². The molecule has 3 atom stereocenters. The predicted molar refractivity (Wildman–Crippen MR) is 80.0 cm³/mol. The lowest BCUT2D eigenvalue weighted by Crippen LogP contribution is -2.50. The van der Waals surface area contributed by atoms with E-state index in [9.17, 15) is 9.59 Å². The smallest absolute Gasteiger partial charge is 0.241 e. The van der Waals surface area contributed by atoms with E-state index in [4.69, 9.17) is 5.73 Å². The van der Waals surface area contributed by atoms with Crippen LogP contribution in [0.4, 0.5) is 0 Å². The van der Waals surface area contributed by atoms with Gasteiger partial charge >= 0.3 is 0 Å². The molecule has 0 saturated heterocycles. The molecule has 0 aromatic carbocycles. The molecular weight excluding hydrogens is 254 g/mol. The summed E-state index contributed by atoms with van der Waals surface area (Å²) in [5.74, 6) is 0.319. The lowest BCUT2D eigenvalue weighted by atomic mass is 9.85. The molecule has 0 aromatic heterocycles. The average molecular weight is 283 g/mol. The van der Waals surface area contributed by atoms with E-state index in [0.29, 0.717) is 12.0 Å². The third kappa shape index (κ3) is 4.47. The van der Waals surface area contributed by atoms with Crippen LogP contribution in [0.1, 0.15) is 46.5 Å². The van der Waals surface area contributed by atoms with Gasteiger partial charge in [-0.3, -0.25) is 9.59 Å². The van der Waals surface area contributed by atoms with Crippen molar-refractivity contribution in [2.75, 3.05) is 13.6 Å². The van der Waals surface area contributed by atoms with Crippen molar-refractivity contribution in [3.63, 3.8) is 0 Å². The fourth-order valence-electron chi connectivity index (χ4n) is 2.77. The molecule has 0 radical (unpaired) electrons. The minimum absolute atomic E-state index is 0.0342. The van der Waals surface area contributed by atoms with Crippen molar-refractivity contribution in [2.24, 2.45) is 17.6 Å². The van der Waals surface area contributed by atoms with Gasteiger partial charge in [-0.15, -0.1) is 0 Å². The predicted octanol–water partition coefficient (Wildman–Crippen LogP) is 1.12. The highest BCUT2D eigenvalue weighted by molar-refractivity contribution is 5.87. The first-order valence-electron chi connectivity index (χ1n) is 7.63. The van der Waals surface area contributed by atoms with Crippen molar-refractivity contribution in [1.82, 2.24) is 10.2 Å². The number of nitrogens with one attached hydrogen (secondary N) is 1. The van der Waals surface area contributed by atoms with Crippen LogP contribution in [0.2, 0.25) is 0 Å². The Morgan fingerprint density at radius 1 is 1.30 bits per heavy atom. The summed E-state index contributed by atoms with van der Waals surface area (Å²) in [7, 11) is 1.84. The van der Waals surface area contributed by atoms with E-state index in [2.05, 4.69) is 12.2 Å². The number of hydrogen-bond donors (Lipinski definition) is 2. The second-order valence-electron chi connectivity index (χ2n) is 6.32. The number of likely N-dealkylation sites (N-methyl/N-ethyl adjacent to an activating group) is 1. The first-order valence-corrected chi connectivity index (χ1v) is 7.63. The van der Waals surface area contributed by atoms with Crippen LogP contribution in [-0.4, -0.2) is 42.4 Å². The van der Waals surface area contributed by atoms with Crippen LogP contribution in [0.25, 0.3) is 0 Å². The zero-order valence-corrected chi connectivity index (χ0v) is 13.2. The number of hydrogen-bond acceptors (Lipinski definition) is 3. The van der Waals surface area contributed by atoms with E-state index in [-0.39, 0.29) is 24.3 Å². The highest BCUT2D eigenvalue weighted by Crippen LogP contribution is 2.27. The summed E-state index contributed by atoms with van der Waals surface area (Å²) in [6.07, 6.45) is 4.66. The molecule has 5 nitrogen and oxygen atoms in total. The molecule has 0 spiro atoms.